The van der Waals surface area contributed by atoms with Crippen molar-refractivity contribution in [3.8, 4) is 0 Å². The Morgan fingerprint density at radius 2 is 2.22 bits per heavy atom. The van der Waals surface area contributed by atoms with Crippen LogP contribution in [0.4, 0.5) is 0 Å². The molecule has 2 rings (SSSR count). The zero-order chi connectivity index (χ0) is 13.2. The molecule has 1 aliphatic rings. The second kappa shape index (κ2) is 5.38. The van der Waals surface area contributed by atoms with Gasteiger partial charge in [-0.3, -0.25) is 0 Å². The van der Waals surface area contributed by atoms with Crippen LogP contribution in [-0.2, 0) is 10.0 Å². The van der Waals surface area contributed by atoms with E-state index in [4.69, 9.17) is 0 Å². The molecule has 1 aromatic rings. The number of imidazole rings is 1. The van der Waals surface area contributed by atoms with E-state index in [0.29, 0.717) is 6.54 Å². The van der Waals surface area contributed by atoms with Crippen molar-refractivity contribution in [3.63, 3.8) is 0 Å². The molecule has 0 bridgehead atoms. The van der Waals surface area contributed by atoms with Crippen molar-refractivity contribution in [3.05, 3.63) is 12.5 Å². The molecule has 1 fully saturated rings. The highest BCUT2D eigenvalue weighted by atomic mass is 32.2. The minimum absolute atomic E-state index is 0.0291. The Balaban J connectivity index is 2.05. The van der Waals surface area contributed by atoms with E-state index in [1.165, 1.54) is 23.9 Å². The largest absolute Gasteiger partial charge is 0.393 e. The number of aromatic amines is 1. The normalized spacial score (nSPS) is 25.5. The third-order valence-corrected chi connectivity index (χ3v) is 5.27. The van der Waals surface area contributed by atoms with Crippen LogP contribution in [0.15, 0.2) is 17.6 Å². The van der Waals surface area contributed by atoms with Crippen molar-refractivity contribution in [2.24, 2.45) is 5.92 Å². The molecule has 6 nitrogen and oxygen atoms in total. The van der Waals surface area contributed by atoms with Crippen LogP contribution in [0, 0.1) is 5.92 Å². The Labute approximate surface area is 107 Å². The lowest BCUT2D eigenvalue weighted by Crippen LogP contribution is -2.38. The predicted molar refractivity (Wildman–Crippen MR) is 66.4 cm³/mol. The third kappa shape index (κ3) is 2.73. The molecular formula is C11H19N3O3S. The van der Waals surface area contributed by atoms with Crippen molar-refractivity contribution < 1.29 is 13.5 Å². The quantitative estimate of drug-likeness (QED) is 0.840. The number of aromatic nitrogens is 2. The van der Waals surface area contributed by atoms with Crippen molar-refractivity contribution in [2.45, 2.75) is 36.8 Å². The molecule has 1 aliphatic carbocycles. The Morgan fingerprint density at radius 1 is 1.50 bits per heavy atom. The van der Waals surface area contributed by atoms with Gasteiger partial charge in [-0.1, -0.05) is 12.8 Å². The van der Waals surface area contributed by atoms with E-state index >= 15 is 0 Å². The molecule has 0 amide bonds. The second-order valence-corrected chi connectivity index (χ2v) is 6.83. The van der Waals surface area contributed by atoms with Crippen LogP contribution >= 0.6 is 0 Å². The summed E-state index contributed by atoms with van der Waals surface area (Å²) in [5.41, 5.74) is 0. The maximum Gasteiger partial charge on any atom is 0.259 e. The second-order valence-electron chi connectivity index (χ2n) is 4.81. The van der Waals surface area contributed by atoms with Gasteiger partial charge in [0.1, 0.15) is 0 Å². The number of H-pyrrole nitrogens is 1. The zero-order valence-corrected chi connectivity index (χ0v) is 11.2. The minimum atomic E-state index is -3.51. The SMILES string of the molecule is CN(CC1CCCCC1O)S(=O)(=O)c1cnc[nH]1. The van der Waals surface area contributed by atoms with Crippen molar-refractivity contribution in [2.75, 3.05) is 13.6 Å². The molecule has 1 saturated carbocycles. The molecule has 7 heteroatoms. The molecule has 2 N–H and O–H groups in total. The number of hydrogen-bond acceptors (Lipinski definition) is 4. The Kier molecular flexibility index (Phi) is 4.04. The summed E-state index contributed by atoms with van der Waals surface area (Å²) in [5.74, 6) is 0.0291. The first kappa shape index (κ1) is 13.5. The summed E-state index contributed by atoms with van der Waals surface area (Å²) < 4.78 is 25.6. The topological polar surface area (TPSA) is 86.3 Å². The highest BCUT2D eigenvalue weighted by Gasteiger charge is 2.29. The van der Waals surface area contributed by atoms with Gasteiger partial charge in [-0.25, -0.2) is 13.4 Å². The maximum absolute atomic E-state index is 12.1. The number of nitrogens with zero attached hydrogens (tertiary/aromatic N) is 2. The van der Waals surface area contributed by atoms with Gasteiger partial charge in [0.05, 0.1) is 18.6 Å². The molecule has 1 aromatic heterocycles. The number of sulfonamides is 1. The molecule has 0 saturated heterocycles. The first-order valence-electron chi connectivity index (χ1n) is 6.14. The standard InChI is InChI=1S/C11H19N3O3S/c1-14(7-9-4-2-3-5-10(9)15)18(16,17)11-6-12-8-13-11/h6,8-10,15H,2-5,7H2,1H3,(H,12,13). The molecule has 2 unspecified atom stereocenters. The summed E-state index contributed by atoms with van der Waals surface area (Å²) in [6.45, 7) is 0.350. The lowest BCUT2D eigenvalue weighted by atomic mass is 9.86. The molecule has 102 valence electrons. The number of hydrogen-bond donors (Lipinski definition) is 2. The first-order valence-corrected chi connectivity index (χ1v) is 7.58. The van der Waals surface area contributed by atoms with Gasteiger partial charge in [-0.05, 0) is 18.8 Å². The molecule has 0 radical (unpaired) electrons. The third-order valence-electron chi connectivity index (χ3n) is 3.52. The highest BCUT2D eigenvalue weighted by molar-refractivity contribution is 7.89. The van der Waals surface area contributed by atoms with Crippen LogP contribution in [0.3, 0.4) is 0 Å². The number of nitrogens with one attached hydrogen (secondary N) is 1. The summed E-state index contributed by atoms with van der Waals surface area (Å²) in [6, 6.07) is 0. The molecule has 0 aliphatic heterocycles. The van der Waals surface area contributed by atoms with Gasteiger partial charge in [0.2, 0.25) is 0 Å². The summed E-state index contributed by atoms with van der Waals surface area (Å²) in [4.78, 5) is 6.33. The molecule has 18 heavy (non-hydrogen) atoms. The predicted octanol–water partition coefficient (Wildman–Crippen LogP) is 0.581. The Hall–Kier alpha value is -0.920. The van der Waals surface area contributed by atoms with Gasteiger partial charge >= 0.3 is 0 Å². The number of aliphatic hydroxyl groups is 1. The summed E-state index contributed by atoms with van der Waals surface area (Å²) >= 11 is 0. The van der Waals surface area contributed by atoms with E-state index in [2.05, 4.69) is 9.97 Å². The van der Waals surface area contributed by atoms with Crippen molar-refractivity contribution in [1.82, 2.24) is 14.3 Å². The maximum atomic E-state index is 12.1. The van der Waals surface area contributed by atoms with Gasteiger partial charge < -0.3 is 10.1 Å². The molecule has 0 aromatic carbocycles. The number of rotatable bonds is 4. The molecule has 0 spiro atoms. The average Bonchev–Trinajstić information content (AvgIpc) is 2.86. The minimum Gasteiger partial charge on any atom is -0.393 e. The van der Waals surface area contributed by atoms with Gasteiger partial charge in [0, 0.05) is 13.6 Å². The lowest BCUT2D eigenvalue weighted by molar-refractivity contribution is 0.0620. The van der Waals surface area contributed by atoms with E-state index in [-0.39, 0.29) is 10.9 Å². The fourth-order valence-electron chi connectivity index (χ4n) is 2.38. The average molecular weight is 273 g/mol. The van der Waals surface area contributed by atoms with Crippen LogP contribution in [0.5, 0.6) is 0 Å². The van der Waals surface area contributed by atoms with Crippen LogP contribution < -0.4 is 0 Å². The Morgan fingerprint density at radius 3 is 2.83 bits per heavy atom. The lowest BCUT2D eigenvalue weighted by Gasteiger charge is -2.30. The molecular weight excluding hydrogens is 254 g/mol. The number of aliphatic hydroxyl groups excluding tert-OH is 1. The Bertz CT molecular complexity index is 472. The van der Waals surface area contributed by atoms with Crippen LogP contribution in [0.25, 0.3) is 0 Å². The van der Waals surface area contributed by atoms with Crippen LogP contribution in [-0.4, -0.2) is 47.5 Å². The fraction of sp³-hybridized carbons (Fsp3) is 0.727. The summed E-state index contributed by atoms with van der Waals surface area (Å²) in [5, 5.41) is 9.97. The summed E-state index contributed by atoms with van der Waals surface area (Å²) in [7, 11) is -1.98. The van der Waals surface area contributed by atoms with Crippen LogP contribution in [0.2, 0.25) is 0 Å². The van der Waals surface area contributed by atoms with Gasteiger partial charge in [-0.15, -0.1) is 0 Å². The van der Waals surface area contributed by atoms with Gasteiger partial charge in [0.25, 0.3) is 10.0 Å². The van der Waals surface area contributed by atoms with E-state index in [0.717, 1.165) is 25.7 Å². The van der Waals surface area contributed by atoms with E-state index in [1.807, 2.05) is 0 Å². The first-order chi connectivity index (χ1) is 8.51. The van der Waals surface area contributed by atoms with E-state index in [9.17, 15) is 13.5 Å². The van der Waals surface area contributed by atoms with E-state index < -0.39 is 16.1 Å². The fourth-order valence-corrected chi connectivity index (χ4v) is 3.50. The van der Waals surface area contributed by atoms with Crippen molar-refractivity contribution in [1.29, 1.82) is 0 Å². The highest BCUT2D eigenvalue weighted by Crippen LogP contribution is 2.26. The molecule has 1 heterocycles. The monoisotopic (exact) mass is 273 g/mol. The van der Waals surface area contributed by atoms with Gasteiger partial charge in [0.15, 0.2) is 5.03 Å². The van der Waals surface area contributed by atoms with Crippen molar-refractivity contribution >= 4 is 10.0 Å². The zero-order valence-electron chi connectivity index (χ0n) is 10.4. The summed E-state index contributed by atoms with van der Waals surface area (Å²) in [6.07, 6.45) is 5.97. The smallest absolute Gasteiger partial charge is 0.259 e. The molecule has 2 atom stereocenters. The van der Waals surface area contributed by atoms with Crippen LogP contribution in [0.1, 0.15) is 25.7 Å². The van der Waals surface area contributed by atoms with E-state index in [1.54, 1.807) is 0 Å². The van der Waals surface area contributed by atoms with Gasteiger partial charge in [-0.2, -0.15) is 4.31 Å².